The van der Waals surface area contributed by atoms with Gasteiger partial charge < -0.3 is 5.32 Å². The molecule has 6 heteroatoms. The summed E-state index contributed by atoms with van der Waals surface area (Å²) in [5.41, 5.74) is 1.08. The molecular formula is C14H19ClN2O2S. The maximum absolute atomic E-state index is 12.2. The first-order valence-electron chi connectivity index (χ1n) is 7.03. The van der Waals surface area contributed by atoms with E-state index in [2.05, 4.69) is 10.2 Å². The molecule has 1 saturated heterocycles. The minimum absolute atomic E-state index is 0.209. The van der Waals surface area contributed by atoms with Gasteiger partial charge in [0.15, 0.2) is 9.84 Å². The lowest BCUT2D eigenvalue weighted by atomic mass is 10.2. The van der Waals surface area contributed by atoms with Gasteiger partial charge in [-0.2, -0.15) is 0 Å². The van der Waals surface area contributed by atoms with Gasteiger partial charge >= 0.3 is 0 Å². The van der Waals surface area contributed by atoms with Gasteiger partial charge in [0.05, 0.1) is 15.2 Å². The van der Waals surface area contributed by atoms with E-state index in [0.29, 0.717) is 9.92 Å². The minimum Gasteiger partial charge on any atom is -0.314 e. The summed E-state index contributed by atoms with van der Waals surface area (Å²) in [7, 11) is -3.20. The topological polar surface area (TPSA) is 49.4 Å². The van der Waals surface area contributed by atoms with Crippen molar-refractivity contribution in [1.82, 2.24) is 10.2 Å². The van der Waals surface area contributed by atoms with Crippen molar-refractivity contribution in [2.24, 2.45) is 0 Å². The Morgan fingerprint density at radius 3 is 2.55 bits per heavy atom. The van der Waals surface area contributed by atoms with Gasteiger partial charge in [0.1, 0.15) is 0 Å². The van der Waals surface area contributed by atoms with E-state index in [1.54, 1.807) is 12.1 Å². The van der Waals surface area contributed by atoms with Crippen molar-refractivity contribution in [3.05, 3.63) is 28.8 Å². The molecule has 1 aromatic carbocycles. The molecule has 0 unspecified atom stereocenters. The summed E-state index contributed by atoms with van der Waals surface area (Å²) < 4.78 is 24.4. The van der Waals surface area contributed by atoms with E-state index in [1.165, 1.54) is 0 Å². The van der Waals surface area contributed by atoms with E-state index >= 15 is 0 Å². The highest BCUT2D eigenvalue weighted by Crippen LogP contribution is 2.36. The van der Waals surface area contributed by atoms with Crippen LogP contribution in [0.15, 0.2) is 23.1 Å². The number of sulfone groups is 1. The number of nitrogens with one attached hydrogen (secondary N) is 1. The number of hydrogen-bond acceptors (Lipinski definition) is 4. The maximum atomic E-state index is 12.2. The van der Waals surface area contributed by atoms with Crippen LogP contribution in [0.25, 0.3) is 0 Å². The van der Waals surface area contributed by atoms with Gasteiger partial charge in [-0.1, -0.05) is 17.7 Å². The summed E-state index contributed by atoms with van der Waals surface area (Å²) in [5.74, 6) is 0. The number of benzene rings is 1. The Labute approximate surface area is 125 Å². The van der Waals surface area contributed by atoms with Crippen LogP contribution in [-0.4, -0.2) is 44.7 Å². The van der Waals surface area contributed by atoms with Gasteiger partial charge in [-0.25, -0.2) is 8.42 Å². The Hall–Kier alpha value is -0.620. The normalized spacial score (nSPS) is 21.1. The first-order chi connectivity index (χ1) is 9.57. The molecule has 1 aromatic rings. The van der Waals surface area contributed by atoms with Crippen molar-refractivity contribution in [2.75, 3.05) is 26.2 Å². The molecule has 0 amide bonds. The third-order valence-electron chi connectivity index (χ3n) is 3.88. The Bertz CT molecular complexity index is 593. The summed E-state index contributed by atoms with van der Waals surface area (Å²) in [5, 5.41) is 3.47. The fourth-order valence-electron chi connectivity index (χ4n) is 2.56. The van der Waals surface area contributed by atoms with Crippen molar-refractivity contribution in [2.45, 2.75) is 29.5 Å². The highest BCUT2D eigenvalue weighted by atomic mass is 35.5. The zero-order valence-corrected chi connectivity index (χ0v) is 12.9. The van der Waals surface area contributed by atoms with Crippen LogP contribution < -0.4 is 5.32 Å². The molecule has 20 heavy (non-hydrogen) atoms. The molecule has 0 atom stereocenters. The van der Waals surface area contributed by atoms with Crippen LogP contribution in [0.4, 0.5) is 0 Å². The standard InChI is InChI=1S/C14H19ClN2O2S/c15-13-9-11(10-17-7-5-16-6-8-17)1-4-14(13)20(18,19)12-2-3-12/h1,4,9,12,16H,2-3,5-8,10H2. The highest BCUT2D eigenvalue weighted by molar-refractivity contribution is 7.92. The SMILES string of the molecule is O=S(=O)(c1ccc(CN2CCNCC2)cc1Cl)C1CC1. The summed E-state index contributed by atoms with van der Waals surface area (Å²) in [6.07, 6.45) is 1.53. The average Bonchev–Trinajstić information content (AvgIpc) is 3.24. The third-order valence-corrected chi connectivity index (χ3v) is 6.62. The summed E-state index contributed by atoms with van der Waals surface area (Å²) in [4.78, 5) is 2.64. The second-order valence-corrected chi connectivity index (χ2v) is 8.14. The smallest absolute Gasteiger partial charge is 0.182 e. The molecule has 1 aliphatic carbocycles. The van der Waals surface area contributed by atoms with E-state index < -0.39 is 9.84 Å². The van der Waals surface area contributed by atoms with Crippen LogP contribution >= 0.6 is 11.6 Å². The molecule has 2 aliphatic rings. The third kappa shape index (κ3) is 3.01. The maximum Gasteiger partial charge on any atom is 0.182 e. The predicted octanol–water partition coefficient (Wildman–Crippen LogP) is 1.68. The lowest BCUT2D eigenvalue weighted by molar-refractivity contribution is 0.233. The first kappa shape index (κ1) is 14.3. The molecule has 0 radical (unpaired) electrons. The van der Waals surface area contributed by atoms with Crippen LogP contribution in [0.1, 0.15) is 18.4 Å². The fourth-order valence-corrected chi connectivity index (χ4v) is 4.79. The largest absolute Gasteiger partial charge is 0.314 e. The number of halogens is 1. The molecule has 1 heterocycles. The summed E-state index contributed by atoms with van der Waals surface area (Å²) in [6.45, 7) is 4.86. The van der Waals surface area contributed by atoms with Gasteiger partial charge in [0.2, 0.25) is 0 Å². The van der Waals surface area contributed by atoms with E-state index in [4.69, 9.17) is 11.6 Å². The van der Waals surface area contributed by atoms with Crippen molar-refractivity contribution in [3.63, 3.8) is 0 Å². The molecule has 1 N–H and O–H groups in total. The molecule has 1 aliphatic heterocycles. The molecule has 0 bridgehead atoms. The summed E-state index contributed by atoms with van der Waals surface area (Å²) >= 11 is 6.19. The van der Waals surface area contributed by atoms with Crippen molar-refractivity contribution < 1.29 is 8.42 Å². The number of piperazine rings is 1. The first-order valence-corrected chi connectivity index (χ1v) is 8.95. The fraction of sp³-hybridized carbons (Fsp3) is 0.571. The lowest BCUT2D eigenvalue weighted by Crippen LogP contribution is -2.42. The zero-order chi connectivity index (χ0) is 14.2. The average molecular weight is 315 g/mol. The van der Waals surface area contributed by atoms with Gasteiger partial charge in [0, 0.05) is 32.7 Å². The quantitative estimate of drug-likeness (QED) is 0.918. The molecule has 2 fully saturated rings. The Morgan fingerprint density at radius 1 is 1.25 bits per heavy atom. The van der Waals surface area contributed by atoms with Crippen LogP contribution in [-0.2, 0) is 16.4 Å². The second kappa shape index (κ2) is 5.64. The van der Waals surface area contributed by atoms with E-state index in [-0.39, 0.29) is 5.25 Å². The van der Waals surface area contributed by atoms with Crippen molar-refractivity contribution >= 4 is 21.4 Å². The van der Waals surface area contributed by atoms with Crippen molar-refractivity contribution in [1.29, 1.82) is 0 Å². The molecule has 110 valence electrons. The second-order valence-electron chi connectivity index (χ2n) is 5.54. The van der Waals surface area contributed by atoms with Crippen LogP contribution in [0, 0.1) is 0 Å². The summed E-state index contributed by atoms with van der Waals surface area (Å²) in [6, 6.07) is 5.37. The van der Waals surface area contributed by atoms with Gasteiger partial charge in [0.25, 0.3) is 0 Å². The molecule has 0 spiro atoms. The van der Waals surface area contributed by atoms with Crippen LogP contribution in [0.5, 0.6) is 0 Å². The number of nitrogens with zero attached hydrogens (tertiary/aromatic N) is 1. The molecule has 3 rings (SSSR count). The van der Waals surface area contributed by atoms with E-state index in [1.807, 2.05) is 6.07 Å². The number of hydrogen-bond donors (Lipinski definition) is 1. The lowest BCUT2D eigenvalue weighted by Gasteiger charge is -2.27. The molecule has 4 nitrogen and oxygen atoms in total. The highest BCUT2D eigenvalue weighted by Gasteiger charge is 2.38. The van der Waals surface area contributed by atoms with Gasteiger partial charge in [-0.15, -0.1) is 0 Å². The predicted molar refractivity (Wildman–Crippen MR) is 79.8 cm³/mol. The molecular weight excluding hydrogens is 296 g/mol. The van der Waals surface area contributed by atoms with E-state index in [9.17, 15) is 8.42 Å². The van der Waals surface area contributed by atoms with Crippen molar-refractivity contribution in [3.8, 4) is 0 Å². The zero-order valence-electron chi connectivity index (χ0n) is 11.3. The van der Waals surface area contributed by atoms with Crippen LogP contribution in [0.3, 0.4) is 0 Å². The Kier molecular flexibility index (Phi) is 4.04. The Balaban J connectivity index is 1.77. The van der Waals surface area contributed by atoms with Gasteiger partial charge in [-0.05, 0) is 30.5 Å². The minimum atomic E-state index is -3.20. The van der Waals surface area contributed by atoms with Crippen LogP contribution in [0.2, 0.25) is 5.02 Å². The monoisotopic (exact) mass is 314 g/mol. The van der Waals surface area contributed by atoms with Gasteiger partial charge in [-0.3, -0.25) is 4.90 Å². The molecule has 1 saturated carbocycles. The Morgan fingerprint density at radius 2 is 1.95 bits per heavy atom. The van der Waals surface area contributed by atoms with E-state index in [0.717, 1.165) is 51.1 Å². The number of rotatable bonds is 4. The molecule has 0 aromatic heterocycles.